The van der Waals surface area contributed by atoms with Crippen molar-refractivity contribution in [2.75, 3.05) is 6.61 Å². The Morgan fingerprint density at radius 3 is 2.56 bits per heavy atom. The summed E-state index contributed by atoms with van der Waals surface area (Å²) in [4.78, 5) is 11.1. The van der Waals surface area contributed by atoms with Gasteiger partial charge in [-0.2, -0.15) is 0 Å². The molecule has 3 heteroatoms. The van der Waals surface area contributed by atoms with E-state index in [9.17, 15) is 4.79 Å². The quantitative estimate of drug-likeness (QED) is 0.441. The SMILES string of the molecule is CCOC(=O)/C=C/OC(C)(C)Cc1ccccc1. The van der Waals surface area contributed by atoms with E-state index in [1.807, 2.05) is 32.0 Å². The van der Waals surface area contributed by atoms with Crippen molar-refractivity contribution >= 4 is 5.97 Å². The second-order valence-electron chi connectivity index (χ2n) is 4.59. The van der Waals surface area contributed by atoms with Gasteiger partial charge in [0.25, 0.3) is 0 Å². The summed E-state index contributed by atoms with van der Waals surface area (Å²) in [6.45, 7) is 6.10. The molecule has 3 nitrogen and oxygen atoms in total. The van der Waals surface area contributed by atoms with Gasteiger partial charge in [-0.05, 0) is 26.3 Å². The van der Waals surface area contributed by atoms with Crippen molar-refractivity contribution in [3.8, 4) is 0 Å². The highest BCUT2D eigenvalue weighted by molar-refractivity contribution is 5.81. The minimum absolute atomic E-state index is 0.357. The van der Waals surface area contributed by atoms with E-state index in [1.165, 1.54) is 17.9 Å². The number of hydrogen-bond acceptors (Lipinski definition) is 3. The van der Waals surface area contributed by atoms with Crippen LogP contribution in [0.5, 0.6) is 0 Å². The molecule has 0 spiro atoms. The average Bonchev–Trinajstić information content (AvgIpc) is 2.29. The number of rotatable bonds is 6. The van der Waals surface area contributed by atoms with E-state index < -0.39 is 0 Å². The van der Waals surface area contributed by atoms with Gasteiger partial charge < -0.3 is 9.47 Å². The van der Waals surface area contributed by atoms with Gasteiger partial charge in [0.1, 0.15) is 5.60 Å². The monoisotopic (exact) mass is 248 g/mol. The Bertz CT molecular complexity index is 393. The zero-order valence-corrected chi connectivity index (χ0v) is 11.2. The van der Waals surface area contributed by atoms with Crippen LogP contribution in [0.4, 0.5) is 0 Å². The maximum absolute atomic E-state index is 11.1. The molecule has 18 heavy (non-hydrogen) atoms. The molecule has 0 amide bonds. The fourth-order valence-corrected chi connectivity index (χ4v) is 1.59. The molecule has 0 saturated heterocycles. The topological polar surface area (TPSA) is 35.5 Å². The van der Waals surface area contributed by atoms with Gasteiger partial charge in [-0.25, -0.2) is 4.79 Å². The summed E-state index contributed by atoms with van der Waals surface area (Å²) in [5.74, 6) is -0.381. The van der Waals surface area contributed by atoms with Crippen LogP contribution in [-0.4, -0.2) is 18.2 Å². The normalized spacial score (nSPS) is 11.5. The molecule has 1 aromatic rings. The summed E-state index contributed by atoms with van der Waals surface area (Å²) < 4.78 is 10.3. The first-order valence-corrected chi connectivity index (χ1v) is 6.08. The van der Waals surface area contributed by atoms with E-state index in [1.54, 1.807) is 6.92 Å². The van der Waals surface area contributed by atoms with Crippen LogP contribution >= 0.6 is 0 Å². The zero-order chi connectivity index (χ0) is 13.4. The minimum atomic E-state index is -0.381. The minimum Gasteiger partial charge on any atom is -0.495 e. The van der Waals surface area contributed by atoms with Crippen LogP contribution in [0.15, 0.2) is 42.7 Å². The lowest BCUT2D eigenvalue weighted by Crippen LogP contribution is -2.25. The predicted molar refractivity (Wildman–Crippen MR) is 71.1 cm³/mol. The summed E-state index contributed by atoms with van der Waals surface area (Å²) in [6.07, 6.45) is 3.48. The van der Waals surface area contributed by atoms with Crippen molar-refractivity contribution in [3.05, 3.63) is 48.2 Å². The molecule has 0 bridgehead atoms. The Kier molecular flexibility index (Phi) is 5.43. The van der Waals surface area contributed by atoms with Crippen LogP contribution in [0.1, 0.15) is 26.3 Å². The van der Waals surface area contributed by atoms with E-state index in [-0.39, 0.29) is 11.6 Å². The third-order valence-corrected chi connectivity index (χ3v) is 2.35. The first-order chi connectivity index (χ1) is 8.53. The highest BCUT2D eigenvalue weighted by atomic mass is 16.5. The lowest BCUT2D eigenvalue weighted by Gasteiger charge is -2.24. The second-order valence-corrected chi connectivity index (χ2v) is 4.59. The zero-order valence-electron chi connectivity index (χ0n) is 11.2. The molecule has 0 aliphatic heterocycles. The maximum atomic E-state index is 11.1. The van der Waals surface area contributed by atoms with Crippen LogP contribution < -0.4 is 0 Å². The summed E-state index contributed by atoms with van der Waals surface area (Å²) in [5, 5.41) is 0. The molecule has 0 saturated carbocycles. The molecule has 0 heterocycles. The van der Waals surface area contributed by atoms with E-state index in [2.05, 4.69) is 12.1 Å². The van der Waals surface area contributed by atoms with Crippen molar-refractivity contribution in [1.82, 2.24) is 0 Å². The van der Waals surface area contributed by atoms with Gasteiger partial charge in [-0.1, -0.05) is 30.3 Å². The summed E-state index contributed by atoms with van der Waals surface area (Å²) >= 11 is 0. The van der Waals surface area contributed by atoms with Crippen molar-refractivity contribution in [1.29, 1.82) is 0 Å². The Labute approximate surface area is 108 Å². The first-order valence-electron chi connectivity index (χ1n) is 6.08. The Hall–Kier alpha value is -1.77. The van der Waals surface area contributed by atoms with E-state index in [0.717, 1.165) is 6.42 Å². The Morgan fingerprint density at radius 2 is 1.94 bits per heavy atom. The van der Waals surface area contributed by atoms with Gasteiger partial charge in [0.05, 0.1) is 18.9 Å². The van der Waals surface area contributed by atoms with Gasteiger partial charge >= 0.3 is 5.97 Å². The molecule has 98 valence electrons. The molecular weight excluding hydrogens is 228 g/mol. The Morgan fingerprint density at radius 1 is 1.28 bits per heavy atom. The molecule has 1 aromatic carbocycles. The molecule has 0 aliphatic carbocycles. The van der Waals surface area contributed by atoms with E-state index in [4.69, 9.17) is 9.47 Å². The van der Waals surface area contributed by atoms with Gasteiger partial charge in [0, 0.05) is 6.42 Å². The molecule has 0 N–H and O–H groups in total. The molecule has 0 aromatic heterocycles. The van der Waals surface area contributed by atoms with Crippen LogP contribution in [0.2, 0.25) is 0 Å². The average molecular weight is 248 g/mol. The lowest BCUT2D eigenvalue weighted by molar-refractivity contribution is -0.137. The van der Waals surface area contributed by atoms with Crippen LogP contribution in [-0.2, 0) is 20.7 Å². The Balaban J connectivity index is 2.47. The maximum Gasteiger partial charge on any atom is 0.333 e. The third-order valence-electron chi connectivity index (χ3n) is 2.35. The molecule has 0 unspecified atom stereocenters. The first kappa shape index (κ1) is 14.3. The van der Waals surface area contributed by atoms with Gasteiger partial charge in [-0.15, -0.1) is 0 Å². The van der Waals surface area contributed by atoms with Crippen LogP contribution in [0.25, 0.3) is 0 Å². The fourth-order valence-electron chi connectivity index (χ4n) is 1.59. The predicted octanol–water partition coefficient (Wildman–Crippen LogP) is 3.10. The highest BCUT2D eigenvalue weighted by Crippen LogP contribution is 2.17. The number of esters is 1. The third kappa shape index (κ3) is 5.53. The number of carbonyl (C=O) groups is 1. The number of carbonyl (C=O) groups excluding carboxylic acids is 1. The molecule has 1 rings (SSSR count). The number of ether oxygens (including phenoxy) is 2. The summed E-state index contributed by atoms with van der Waals surface area (Å²) in [6, 6.07) is 10.1. The molecular formula is C15H20O3. The highest BCUT2D eigenvalue weighted by Gasteiger charge is 2.18. The van der Waals surface area contributed by atoms with Gasteiger partial charge in [0.2, 0.25) is 0 Å². The molecule has 0 aliphatic rings. The number of hydrogen-bond donors (Lipinski definition) is 0. The lowest BCUT2D eigenvalue weighted by atomic mass is 9.98. The van der Waals surface area contributed by atoms with Gasteiger partial charge in [0.15, 0.2) is 0 Å². The van der Waals surface area contributed by atoms with Crippen LogP contribution in [0, 0.1) is 0 Å². The van der Waals surface area contributed by atoms with Crippen molar-refractivity contribution in [2.24, 2.45) is 0 Å². The van der Waals surface area contributed by atoms with Gasteiger partial charge in [-0.3, -0.25) is 0 Å². The van der Waals surface area contributed by atoms with Crippen LogP contribution in [0.3, 0.4) is 0 Å². The summed E-state index contributed by atoms with van der Waals surface area (Å²) in [5.41, 5.74) is 0.844. The van der Waals surface area contributed by atoms with E-state index in [0.29, 0.717) is 6.61 Å². The number of benzene rings is 1. The van der Waals surface area contributed by atoms with Crippen molar-refractivity contribution in [2.45, 2.75) is 32.8 Å². The summed E-state index contributed by atoms with van der Waals surface area (Å²) in [7, 11) is 0. The molecule has 0 fully saturated rings. The largest absolute Gasteiger partial charge is 0.495 e. The second kappa shape index (κ2) is 6.84. The standard InChI is InChI=1S/C15H20O3/c1-4-17-14(16)10-11-18-15(2,3)12-13-8-6-5-7-9-13/h5-11H,4,12H2,1-3H3/b11-10+. The molecule has 0 atom stereocenters. The van der Waals surface area contributed by atoms with E-state index >= 15 is 0 Å². The fraction of sp³-hybridized carbons (Fsp3) is 0.400. The van der Waals surface area contributed by atoms with Crippen molar-refractivity contribution < 1.29 is 14.3 Å². The smallest absolute Gasteiger partial charge is 0.333 e. The van der Waals surface area contributed by atoms with Crippen molar-refractivity contribution in [3.63, 3.8) is 0 Å². The molecule has 0 radical (unpaired) electrons.